The summed E-state index contributed by atoms with van der Waals surface area (Å²) in [6.07, 6.45) is 1.59. The first-order valence-electron chi connectivity index (χ1n) is 6.70. The van der Waals surface area contributed by atoms with Crippen LogP contribution in [0.2, 0.25) is 0 Å². The molecule has 1 heterocycles. The Morgan fingerprint density at radius 3 is 2.38 bits per heavy atom. The van der Waals surface area contributed by atoms with Gasteiger partial charge in [-0.15, -0.1) is 0 Å². The van der Waals surface area contributed by atoms with E-state index >= 15 is 0 Å². The van der Waals surface area contributed by atoms with Gasteiger partial charge in [0.25, 0.3) is 0 Å². The van der Waals surface area contributed by atoms with Crippen LogP contribution in [0.15, 0.2) is 29.4 Å². The Morgan fingerprint density at radius 2 is 1.90 bits per heavy atom. The third-order valence-corrected chi connectivity index (χ3v) is 6.27. The Bertz CT molecular complexity index is 475. The Balaban J connectivity index is 3.05. The van der Waals surface area contributed by atoms with E-state index in [2.05, 4.69) is 4.98 Å². The SMILES string of the molecule is CCOC(=O)C(Sc1ccccn1)P(=O)(OCC)OCC. The molecule has 0 saturated heterocycles. The number of nitrogens with zero attached hydrogens (tertiary/aromatic N) is 1. The van der Waals surface area contributed by atoms with Crippen LogP contribution in [0.3, 0.4) is 0 Å². The Morgan fingerprint density at radius 1 is 1.24 bits per heavy atom. The predicted molar refractivity (Wildman–Crippen MR) is 81.4 cm³/mol. The number of ether oxygens (including phenoxy) is 1. The van der Waals surface area contributed by atoms with Crippen molar-refractivity contribution < 1.29 is 23.1 Å². The molecular weight excluding hydrogens is 313 g/mol. The van der Waals surface area contributed by atoms with Gasteiger partial charge in [0, 0.05) is 6.20 Å². The number of carbonyl (C=O) groups excluding carboxylic acids is 1. The van der Waals surface area contributed by atoms with Crippen molar-refractivity contribution in [2.75, 3.05) is 19.8 Å². The van der Waals surface area contributed by atoms with Gasteiger partial charge in [-0.2, -0.15) is 0 Å². The van der Waals surface area contributed by atoms with Gasteiger partial charge in [0.05, 0.1) is 24.8 Å². The van der Waals surface area contributed by atoms with Gasteiger partial charge < -0.3 is 13.8 Å². The van der Waals surface area contributed by atoms with Gasteiger partial charge in [-0.25, -0.2) is 4.98 Å². The molecule has 0 aromatic carbocycles. The van der Waals surface area contributed by atoms with Gasteiger partial charge in [-0.3, -0.25) is 9.36 Å². The summed E-state index contributed by atoms with van der Waals surface area (Å²) in [7, 11) is -3.63. The maximum Gasteiger partial charge on any atom is 0.355 e. The van der Waals surface area contributed by atoms with E-state index in [-0.39, 0.29) is 19.8 Å². The maximum atomic E-state index is 12.8. The van der Waals surface area contributed by atoms with Crippen molar-refractivity contribution >= 4 is 25.3 Å². The van der Waals surface area contributed by atoms with Gasteiger partial charge >= 0.3 is 13.6 Å². The number of carbonyl (C=O) groups is 1. The summed E-state index contributed by atoms with van der Waals surface area (Å²) in [5, 5.41) is 0.551. The number of aromatic nitrogens is 1. The molecule has 0 fully saturated rings. The fourth-order valence-electron chi connectivity index (χ4n) is 1.52. The van der Waals surface area contributed by atoms with Crippen LogP contribution in [0.1, 0.15) is 20.8 Å². The first-order chi connectivity index (χ1) is 10.1. The molecule has 0 amide bonds. The van der Waals surface area contributed by atoms with E-state index in [4.69, 9.17) is 13.8 Å². The van der Waals surface area contributed by atoms with E-state index < -0.39 is 18.6 Å². The Labute approximate surface area is 129 Å². The van der Waals surface area contributed by atoms with Crippen molar-refractivity contribution in [1.82, 2.24) is 4.98 Å². The van der Waals surface area contributed by atoms with Gasteiger partial charge in [0.1, 0.15) is 0 Å². The van der Waals surface area contributed by atoms with Crippen molar-refractivity contribution in [3.05, 3.63) is 24.4 Å². The molecule has 0 spiro atoms. The molecule has 0 aliphatic carbocycles. The van der Waals surface area contributed by atoms with Crippen LogP contribution in [0.5, 0.6) is 0 Å². The summed E-state index contributed by atoms with van der Waals surface area (Å²) < 4.78 is 28.3. The Hall–Kier alpha value is -0.880. The second kappa shape index (κ2) is 9.20. The zero-order chi connectivity index (χ0) is 15.7. The molecule has 1 aromatic heterocycles. The van der Waals surface area contributed by atoms with Crippen molar-refractivity contribution in [2.45, 2.75) is 30.8 Å². The van der Waals surface area contributed by atoms with Crippen molar-refractivity contribution in [2.24, 2.45) is 0 Å². The maximum absolute atomic E-state index is 12.8. The number of pyridine rings is 1. The largest absolute Gasteiger partial charge is 0.465 e. The standard InChI is InChI=1S/C13H20NO5PS/c1-4-17-12(15)13(20(16,18-5-2)19-6-3)21-11-9-7-8-10-14-11/h7-10,13H,4-6H2,1-3H3. The molecule has 1 unspecified atom stereocenters. The summed E-state index contributed by atoms with van der Waals surface area (Å²) in [4.78, 5) is 15.2. The number of hydrogen-bond donors (Lipinski definition) is 0. The van der Waals surface area contributed by atoms with E-state index in [9.17, 15) is 9.36 Å². The highest BCUT2D eigenvalue weighted by Gasteiger charge is 2.43. The van der Waals surface area contributed by atoms with Crippen LogP contribution < -0.4 is 0 Å². The lowest BCUT2D eigenvalue weighted by Crippen LogP contribution is -2.23. The first kappa shape index (κ1) is 18.2. The molecule has 0 bridgehead atoms. The summed E-state index contributed by atoms with van der Waals surface area (Å²) in [5.41, 5.74) is 0. The average molecular weight is 333 g/mol. The third kappa shape index (κ3) is 5.43. The molecule has 1 rings (SSSR count). The fraction of sp³-hybridized carbons (Fsp3) is 0.538. The molecule has 8 heteroatoms. The molecule has 0 radical (unpaired) electrons. The van der Waals surface area contributed by atoms with Gasteiger partial charge in [0.15, 0.2) is 0 Å². The number of hydrogen-bond acceptors (Lipinski definition) is 7. The summed E-state index contributed by atoms with van der Waals surface area (Å²) in [5.74, 6) is -0.626. The van der Waals surface area contributed by atoms with Crippen LogP contribution in [-0.4, -0.2) is 35.8 Å². The molecule has 118 valence electrons. The number of rotatable bonds is 9. The molecule has 0 aliphatic rings. The second-order valence-corrected chi connectivity index (χ2v) is 7.35. The highest BCUT2D eigenvalue weighted by molar-refractivity contribution is 8.06. The fourth-order valence-corrected chi connectivity index (χ4v) is 4.79. The third-order valence-electron chi connectivity index (χ3n) is 2.26. The van der Waals surface area contributed by atoms with E-state index in [1.54, 1.807) is 45.2 Å². The molecule has 21 heavy (non-hydrogen) atoms. The van der Waals surface area contributed by atoms with E-state index in [0.717, 1.165) is 11.8 Å². The molecule has 0 aliphatic heterocycles. The number of thioether (sulfide) groups is 1. The zero-order valence-electron chi connectivity index (χ0n) is 12.4. The monoisotopic (exact) mass is 333 g/mol. The Kier molecular flexibility index (Phi) is 7.96. The number of esters is 1. The van der Waals surface area contributed by atoms with Crippen molar-refractivity contribution in [1.29, 1.82) is 0 Å². The molecule has 1 aromatic rings. The summed E-state index contributed by atoms with van der Waals surface area (Å²) in [6, 6.07) is 5.26. The lowest BCUT2D eigenvalue weighted by Gasteiger charge is -2.23. The normalized spacial score (nSPS) is 12.9. The lowest BCUT2D eigenvalue weighted by atomic mass is 10.5. The summed E-state index contributed by atoms with van der Waals surface area (Å²) in [6.45, 7) is 5.62. The smallest absolute Gasteiger partial charge is 0.355 e. The minimum atomic E-state index is -3.63. The predicted octanol–water partition coefficient (Wildman–Crippen LogP) is 3.33. The first-order valence-corrected chi connectivity index (χ1v) is 9.19. The molecule has 0 saturated carbocycles. The molecular formula is C13H20NO5PS. The molecule has 0 N–H and O–H groups in total. The van der Waals surface area contributed by atoms with Crippen molar-refractivity contribution in [3.8, 4) is 0 Å². The highest BCUT2D eigenvalue weighted by Crippen LogP contribution is 2.58. The van der Waals surface area contributed by atoms with Crippen LogP contribution in [0.4, 0.5) is 0 Å². The van der Waals surface area contributed by atoms with Gasteiger partial charge in [-0.05, 0) is 32.9 Å². The van der Waals surface area contributed by atoms with Crippen LogP contribution in [0.25, 0.3) is 0 Å². The van der Waals surface area contributed by atoms with Gasteiger partial charge in [-0.1, -0.05) is 17.8 Å². The van der Waals surface area contributed by atoms with Crippen LogP contribution in [0, 0.1) is 0 Å². The van der Waals surface area contributed by atoms with E-state index in [1.807, 2.05) is 0 Å². The zero-order valence-corrected chi connectivity index (χ0v) is 14.1. The van der Waals surface area contributed by atoms with Crippen LogP contribution in [-0.2, 0) is 23.1 Å². The summed E-state index contributed by atoms with van der Waals surface area (Å²) >= 11 is 1.02. The minimum absolute atomic E-state index is 0.177. The second-order valence-electron chi connectivity index (χ2n) is 3.77. The average Bonchev–Trinajstić information content (AvgIpc) is 2.46. The molecule has 1 atom stereocenters. The minimum Gasteiger partial charge on any atom is -0.465 e. The van der Waals surface area contributed by atoms with Crippen molar-refractivity contribution in [3.63, 3.8) is 0 Å². The van der Waals surface area contributed by atoms with Gasteiger partial charge in [0.2, 0.25) is 4.99 Å². The quantitative estimate of drug-likeness (QED) is 0.390. The topological polar surface area (TPSA) is 74.7 Å². The van der Waals surface area contributed by atoms with E-state index in [1.165, 1.54) is 0 Å². The van der Waals surface area contributed by atoms with Crippen LogP contribution >= 0.6 is 19.4 Å². The lowest BCUT2D eigenvalue weighted by molar-refractivity contribution is -0.141. The molecule has 6 nitrogen and oxygen atoms in total. The van der Waals surface area contributed by atoms with E-state index in [0.29, 0.717) is 5.03 Å². The highest BCUT2D eigenvalue weighted by atomic mass is 32.2.